The van der Waals surface area contributed by atoms with E-state index in [1.165, 1.54) is 0 Å². The lowest BCUT2D eigenvalue weighted by Crippen LogP contribution is -2.51. The average molecular weight is 297 g/mol. The average Bonchev–Trinajstić information content (AvgIpc) is 2.99. The van der Waals surface area contributed by atoms with Crippen LogP contribution in [0.4, 0.5) is 5.95 Å². The molecule has 0 aromatic carbocycles. The van der Waals surface area contributed by atoms with Gasteiger partial charge in [-0.05, 0) is 18.2 Å². The highest BCUT2D eigenvalue weighted by Gasteiger charge is 2.41. The summed E-state index contributed by atoms with van der Waals surface area (Å²) in [5.74, 6) is 0.806. The largest absolute Gasteiger partial charge is 0.373 e. The van der Waals surface area contributed by atoms with Crippen LogP contribution < -0.4 is 4.90 Å². The van der Waals surface area contributed by atoms with Crippen LogP contribution in [0.2, 0.25) is 0 Å². The van der Waals surface area contributed by atoms with Gasteiger partial charge in [0.05, 0.1) is 24.4 Å². The van der Waals surface area contributed by atoms with Crippen molar-refractivity contribution in [3.8, 4) is 0 Å². The Morgan fingerprint density at radius 1 is 1.05 bits per heavy atom. The second kappa shape index (κ2) is 5.98. The van der Waals surface area contributed by atoms with Crippen LogP contribution in [0.15, 0.2) is 42.9 Å². The Balaban J connectivity index is 1.49. The van der Waals surface area contributed by atoms with Crippen LogP contribution in [0.5, 0.6) is 0 Å². The van der Waals surface area contributed by atoms with E-state index in [4.69, 9.17) is 4.74 Å². The molecule has 2 aromatic rings. The van der Waals surface area contributed by atoms with Crippen molar-refractivity contribution in [2.45, 2.75) is 18.7 Å². The fourth-order valence-corrected chi connectivity index (χ4v) is 3.30. The first kappa shape index (κ1) is 13.6. The number of fused-ring (bicyclic) bond motifs is 1. The van der Waals surface area contributed by atoms with Gasteiger partial charge >= 0.3 is 0 Å². The molecule has 0 N–H and O–H groups in total. The van der Waals surface area contributed by atoms with Gasteiger partial charge in [0, 0.05) is 44.8 Å². The summed E-state index contributed by atoms with van der Waals surface area (Å²) in [4.78, 5) is 17.9. The van der Waals surface area contributed by atoms with Crippen molar-refractivity contribution in [2.24, 2.45) is 0 Å². The molecule has 2 fully saturated rings. The molecule has 0 aliphatic carbocycles. The summed E-state index contributed by atoms with van der Waals surface area (Å²) in [6.45, 7) is 4.34. The molecule has 2 aliphatic heterocycles. The molecule has 0 amide bonds. The third kappa shape index (κ3) is 2.67. The number of ether oxygens (including phenoxy) is 1. The molecule has 0 unspecified atom stereocenters. The number of aromatic nitrogens is 3. The molecule has 0 bridgehead atoms. The van der Waals surface area contributed by atoms with Crippen LogP contribution >= 0.6 is 0 Å². The normalized spacial score (nSPS) is 25.2. The molecular weight excluding hydrogens is 278 g/mol. The van der Waals surface area contributed by atoms with Crippen molar-refractivity contribution >= 4 is 5.95 Å². The Hall–Kier alpha value is -2.05. The first-order valence-corrected chi connectivity index (χ1v) is 7.68. The van der Waals surface area contributed by atoms with Gasteiger partial charge in [0.15, 0.2) is 0 Å². The highest BCUT2D eigenvalue weighted by Crippen LogP contribution is 2.26. The molecule has 2 saturated heterocycles. The molecular formula is C16H19N5O. The molecule has 22 heavy (non-hydrogen) atoms. The minimum atomic E-state index is 0.223. The number of nitrogens with zero attached hydrogens (tertiary/aromatic N) is 5. The molecule has 4 rings (SSSR count). The van der Waals surface area contributed by atoms with E-state index in [0.717, 1.165) is 44.4 Å². The van der Waals surface area contributed by atoms with Gasteiger partial charge in [0.2, 0.25) is 5.95 Å². The van der Waals surface area contributed by atoms with E-state index in [-0.39, 0.29) is 6.10 Å². The van der Waals surface area contributed by atoms with Gasteiger partial charge in [-0.15, -0.1) is 0 Å². The van der Waals surface area contributed by atoms with Crippen LogP contribution in [0.3, 0.4) is 0 Å². The van der Waals surface area contributed by atoms with Gasteiger partial charge in [-0.3, -0.25) is 9.88 Å². The maximum absolute atomic E-state index is 5.96. The molecule has 114 valence electrons. The Kier molecular flexibility index (Phi) is 3.70. The number of anilines is 1. The van der Waals surface area contributed by atoms with Gasteiger partial charge in [-0.25, -0.2) is 9.97 Å². The molecule has 4 heterocycles. The van der Waals surface area contributed by atoms with Crippen LogP contribution in [-0.2, 0) is 11.3 Å². The zero-order chi connectivity index (χ0) is 14.8. The summed E-state index contributed by atoms with van der Waals surface area (Å²) in [6, 6.07) is 8.22. The Morgan fingerprint density at radius 3 is 2.73 bits per heavy atom. The summed E-state index contributed by atoms with van der Waals surface area (Å²) in [6.07, 6.45) is 5.67. The minimum absolute atomic E-state index is 0.223. The summed E-state index contributed by atoms with van der Waals surface area (Å²) in [5.41, 5.74) is 1.10. The maximum Gasteiger partial charge on any atom is 0.225 e. The lowest BCUT2D eigenvalue weighted by molar-refractivity contribution is 0.0300. The second-order valence-electron chi connectivity index (χ2n) is 5.73. The highest BCUT2D eigenvalue weighted by molar-refractivity contribution is 5.33. The van der Waals surface area contributed by atoms with Gasteiger partial charge in [-0.2, -0.15) is 0 Å². The summed E-state index contributed by atoms with van der Waals surface area (Å²) < 4.78 is 5.96. The first-order valence-electron chi connectivity index (χ1n) is 7.68. The third-order valence-electron chi connectivity index (χ3n) is 4.30. The van der Waals surface area contributed by atoms with Gasteiger partial charge in [0.25, 0.3) is 0 Å². The monoisotopic (exact) mass is 297 g/mol. The predicted octanol–water partition coefficient (Wildman–Crippen LogP) is 0.961. The SMILES string of the molecule is c1ccc(CN2C[C@@H]3OCCN(c4ncccn4)[C@@H]3C2)nc1. The smallest absolute Gasteiger partial charge is 0.225 e. The van der Waals surface area contributed by atoms with Crippen molar-refractivity contribution in [2.75, 3.05) is 31.1 Å². The van der Waals surface area contributed by atoms with Crippen molar-refractivity contribution in [1.82, 2.24) is 19.9 Å². The topological polar surface area (TPSA) is 54.4 Å². The molecule has 0 spiro atoms. The molecule has 6 nitrogen and oxygen atoms in total. The third-order valence-corrected chi connectivity index (χ3v) is 4.30. The zero-order valence-electron chi connectivity index (χ0n) is 12.4. The molecule has 0 radical (unpaired) electrons. The first-order chi connectivity index (χ1) is 10.9. The standard InChI is InChI=1S/C16H19N5O/c1-2-5-17-13(4-1)10-20-11-14-15(12-20)22-9-8-21(14)16-18-6-3-7-19-16/h1-7,14-15H,8-12H2/t14-,15+/m1/s1. The quantitative estimate of drug-likeness (QED) is 0.841. The minimum Gasteiger partial charge on any atom is -0.373 e. The second-order valence-corrected chi connectivity index (χ2v) is 5.73. The Morgan fingerprint density at radius 2 is 1.91 bits per heavy atom. The highest BCUT2D eigenvalue weighted by atomic mass is 16.5. The van der Waals surface area contributed by atoms with Crippen LogP contribution in [0, 0.1) is 0 Å². The lowest BCUT2D eigenvalue weighted by Gasteiger charge is -2.36. The fourth-order valence-electron chi connectivity index (χ4n) is 3.30. The van der Waals surface area contributed by atoms with E-state index in [1.54, 1.807) is 12.4 Å². The Bertz CT molecular complexity index is 608. The summed E-state index contributed by atoms with van der Waals surface area (Å²) in [7, 11) is 0. The summed E-state index contributed by atoms with van der Waals surface area (Å²) >= 11 is 0. The fraction of sp³-hybridized carbons (Fsp3) is 0.438. The predicted molar refractivity (Wildman–Crippen MR) is 82.4 cm³/mol. The maximum atomic E-state index is 5.96. The van der Waals surface area contributed by atoms with Crippen LogP contribution in [0.25, 0.3) is 0 Å². The number of pyridine rings is 1. The van der Waals surface area contributed by atoms with E-state index in [1.807, 2.05) is 24.4 Å². The van der Waals surface area contributed by atoms with Crippen molar-refractivity contribution in [1.29, 1.82) is 0 Å². The van der Waals surface area contributed by atoms with Crippen molar-refractivity contribution < 1.29 is 4.74 Å². The van der Waals surface area contributed by atoms with E-state index < -0.39 is 0 Å². The number of likely N-dealkylation sites (tertiary alicyclic amines) is 1. The van der Waals surface area contributed by atoms with Crippen molar-refractivity contribution in [3.63, 3.8) is 0 Å². The van der Waals surface area contributed by atoms with E-state index >= 15 is 0 Å². The van der Waals surface area contributed by atoms with Gasteiger partial charge in [0.1, 0.15) is 0 Å². The van der Waals surface area contributed by atoms with Crippen molar-refractivity contribution in [3.05, 3.63) is 48.5 Å². The molecule has 6 heteroatoms. The zero-order valence-corrected chi connectivity index (χ0v) is 12.4. The molecule has 2 aliphatic rings. The number of morpholine rings is 1. The van der Waals surface area contributed by atoms with E-state index in [0.29, 0.717) is 6.04 Å². The number of hydrogen-bond acceptors (Lipinski definition) is 6. The molecule has 2 atom stereocenters. The number of hydrogen-bond donors (Lipinski definition) is 0. The van der Waals surface area contributed by atoms with Crippen LogP contribution in [0.1, 0.15) is 5.69 Å². The lowest BCUT2D eigenvalue weighted by atomic mass is 10.1. The van der Waals surface area contributed by atoms with E-state index in [2.05, 4.69) is 30.8 Å². The molecule has 0 saturated carbocycles. The van der Waals surface area contributed by atoms with Gasteiger partial charge in [-0.1, -0.05) is 6.07 Å². The Labute approximate surface area is 129 Å². The summed E-state index contributed by atoms with van der Waals surface area (Å²) in [5, 5.41) is 0. The number of rotatable bonds is 3. The molecule has 2 aromatic heterocycles. The van der Waals surface area contributed by atoms with E-state index in [9.17, 15) is 0 Å². The van der Waals surface area contributed by atoms with Gasteiger partial charge < -0.3 is 9.64 Å². The van der Waals surface area contributed by atoms with Crippen LogP contribution in [-0.4, -0.2) is 58.2 Å².